The van der Waals surface area contributed by atoms with Gasteiger partial charge >= 0.3 is 0 Å². The second kappa shape index (κ2) is 7.57. The van der Waals surface area contributed by atoms with Crippen LogP contribution in [0.3, 0.4) is 0 Å². The molecule has 5 nitrogen and oxygen atoms in total. The monoisotopic (exact) mass is 298 g/mol. The van der Waals surface area contributed by atoms with E-state index in [1.54, 1.807) is 4.57 Å². The van der Waals surface area contributed by atoms with Crippen molar-refractivity contribution in [2.24, 2.45) is 5.92 Å². The van der Waals surface area contributed by atoms with Crippen molar-refractivity contribution in [3.8, 4) is 0 Å². The van der Waals surface area contributed by atoms with Crippen LogP contribution in [-0.4, -0.2) is 38.7 Å². The van der Waals surface area contributed by atoms with E-state index in [1.807, 2.05) is 11.9 Å². The summed E-state index contributed by atoms with van der Waals surface area (Å²) in [6.07, 6.45) is 2.81. The fourth-order valence-electron chi connectivity index (χ4n) is 2.26. The first-order chi connectivity index (χ1) is 9.36. The molecule has 0 saturated carbocycles. The number of aromatic amines is 1. The van der Waals surface area contributed by atoms with E-state index in [-0.39, 0.29) is 18.5 Å². The molecule has 0 saturated heterocycles. The van der Waals surface area contributed by atoms with Crippen molar-refractivity contribution in [1.29, 1.82) is 0 Å². The van der Waals surface area contributed by atoms with Gasteiger partial charge in [0.25, 0.3) is 0 Å². The third-order valence-corrected chi connectivity index (χ3v) is 3.78. The Morgan fingerprint density at radius 2 is 2.10 bits per heavy atom. The summed E-state index contributed by atoms with van der Waals surface area (Å²) < 4.78 is 2.33. The molecule has 1 N–H and O–H groups in total. The van der Waals surface area contributed by atoms with Gasteiger partial charge < -0.3 is 4.90 Å². The van der Waals surface area contributed by atoms with Crippen molar-refractivity contribution >= 4 is 18.1 Å². The Balaban J connectivity index is 2.75. The summed E-state index contributed by atoms with van der Waals surface area (Å²) in [5.74, 6) is 1.51. The smallest absolute Gasteiger partial charge is 0.242 e. The van der Waals surface area contributed by atoms with Gasteiger partial charge in [-0.1, -0.05) is 20.8 Å². The number of carbonyl (C=O) groups is 1. The van der Waals surface area contributed by atoms with E-state index in [0.29, 0.717) is 10.7 Å². The maximum atomic E-state index is 12.4. The molecular formula is C14H26N4OS. The van der Waals surface area contributed by atoms with Crippen LogP contribution in [0.15, 0.2) is 0 Å². The van der Waals surface area contributed by atoms with Gasteiger partial charge in [0, 0.05) is 19.5 Å². The van der Waals surface area contributed by atoms with Gasteiger partial charge in [-0.2, -0.15) is 5.10 Å². The van der Waals surface area contributed by atoms with E-state index < -0.39 is 0 Å². The molecule has 0 radical (unpaired) electrons. The maximum Gasteiger partial charge on any atom is 0.242 e. The lowest BCUT2D eigenvalue weighted by Gasteiger charge is -2.26. The number of aryl methyl sites for hydroxylation is 1. The zero-order valence-electron chi connectivity index (χ0n) is 13.1. The summed E-state index contributed by atoms with van der Waals surface area (Å²) in [4.78, 5) is 14.2. The molecule has 0 spiro atoms. The van der Waals surface area contributed by atoms with Crippen LogP contribution in [0.1, 0.15) is 46.4 Å². The van der Waals surface area contributed by atoms with Gasteiger partial charge in [0.05, 0.1) is 0 Å². The van der Waals surface area contributed by atoms with E-state index in [0.717, 1.165) is 25.1 Å². The number of rotatable bonds is 7. The zero-order chi connectivity index (χ0) is 15.3. The molecule has 20 heavy (non-hydrogen) atoms. The van der Waals surface area contributed by atoms with Crippen LogP contribution in [0.25, 0.3) is 0 Å². The Morgan fingerprint density at radius 3 is 2.65 bits per heavy atom. The first kappa shape index (κ1) is 16.9. The maximum absolute atomic E-state index is 12.4. The highest BCUT2D eigenvalue weighted by Gasteiger charge is 2.18. The largest absolute Gasteiger partial charge is 0.341 e. The van der Waals surface area contributed by atoms with Crippen LogP contribution in [0, 0.1) is 10.7 Å². The number of likely N-dealkylation sites (N-methyl/N-ethyl adjacent to an activating group) is 1. The minimum Gasteiger partial charge on any atom is -0.341 e. The van der Waals surface area contributed by atoms with Crippen molar-refractivity contribution in [3.63, 3.8) is 0 Å². The van der Waals surface area contributed by atoms with Gasteiger partial charge in [-0.15, -0.1) is 0 Å². The van der Waals surface area contributed by atoms with Crippen molar-refractivity contribution < 1.29 is 4.79 Å². The summed E-state index contributed by atoms with van der Waals surface area (Å²) in [6, 6.07) is 0.234. The molecule has 0 aliphatic rings. The lowest BCUT2D eigenvalue weighted by atomic mass is 10.0. The van der Waals surface area contributed by atoms with E-state index in [2.05, 4.69) is 37.9 Å². The normalized spacial score (nSPS) is 12.7. The van der Waals surface area contributed by atoms with Crippen LogP contribution < -0.4 is 0 Å². The minimum atomic E-state index is 0.0769. The van der Waals surface area contributed by atoms with Crippen LogP contribution in [-0.2, 0) is 17.8 Å². The summed E-state index contributed by atoms with van der Waals surface area (Å²) in [5, 5.41) is 6.96. The lowest BCUT2D eigenvalue weighted by Crippen LogP contribution is -2.38. The molecule has 1 atom stereocenters. The Morgan fingerprint density at radius 1 is 1.45 bits per heavy atom. The molecule has 0 fully saturated rings. The summed E-state index contributed by atoms with van der Waals surface area (Å²) >= 11 is 5.20. The quantitative estimate of drug-likeness (QED) is 0.788. The Labute approximate surface area is 126 Å². The Hall–Kier alpha value is -1.17. The van der Waals surface area contributed by atoms with Gasteiger partial charge in [-0.25, -0.2) is 0 Å². The van der Waals surface area contributed by atoms with Gasteiger partial charge in [-0.3, -0.25) is 14.5 Å². The average molecular weight is 298 g/mol. The molecule has 0 unspecified atom stereocenters. The standard InChI is InChI=1S/C14H26N4OS/c1-6-7-12-15-16-14(20)18(12)9-13(19)17(5)11(4)8-10(2)3/h10-11H,6-9H2,1-5H3,(H,16,20)/t11-/m1/s1. The van der Waals surface area contributed by atoms with Gasteiger partial charge in [0.1, 0.15) is 12.4 Å². The van der Waals surface area contributed by atoms with E-state index in [9.17, 15) is 4.79 Å². The number of amides is 1. The Kier molecular flexibility index (Phi) is 6.39. The van der Waals surface area contributed by atoms with Gasteiger partial charge in [0.2, 0.25) is 5.91 Å². The minimum absolute atomic E-state index is 0.0769. The number of nitrogens with one attached hydrogen (secondary N) is 1. The molecule has 0 aliphatic carbocycles. The molecule has 1 aromatic rings. The zero-order valence-corrected chi connectivity index (χ0v) is 14.0. The average Bonchev–Trinajstić information content (AvgIpc) is 2.70. The molecule has 1 rings (SSSR count). The van der Waals surface area contributed by atoms with Gasteiger partial charge in [-0.05, 0) is 37.9 Å². The lowest BCUT2D eigenvalue weighted by molar-refractivity contribution is -0.132. The molecular weight excluding hydrogens is 272 g/mol. The molecule has 0 bridgehead atoms. The molecule has 0 aromatic carbocycles. The summed E-state index contributed by atoms with van der Waals surface area (Å²) in [5.41, 5.74) is 0. The summed E-state index contributed by atoms with van der Waals surface area (Å²) in [7, 11) is 1.86. The van der Waals surface area contributed by atoms with Crippen LogP contribution in [0.4, 0.5) is 0 Å². The van der Waals surface area contributed by atoms with Crippen LogP contribution in [0.5, 0.6) is 0 Å². The second-order valence-corrected chi connectivity index (χ2v) is 6.15. The number of hydrogen-bond acceptors (Lipinski definition) is 3. The molecule has 1 heterocycles. The third kappa shape index (κ3) is 4.44. The molecule has 1 aromatic heterocycles. The molecule has 114 valence electrons. The number of hydrogen-bond donors (Lipinski definition) is 1. The van der Waals surface area contributed by atoms with Crippen molar-refractivity contribution in [3.05, 3.63) is 10.6 Å². The highest BCUT2D eigenvalue weighted by molar-refractivity contribution is 7.71. The molecule has 0 aliphatic heterocycles. The molecule has 1 amide bonds. The highest BCUT2D eigenvalue weighted by Crippen LogP contribution is 2.11. The number of aromatic nitrogens is 3. The van der Waals surface area contributed by atoms with Gasteiger partial charge in [0.15, 0.2) is 4.77 Å². The fraction of sp³-hybridized carbons (Fsp3) is 0.786. The third-order valence-electron chi connectivity index (χ3n) is 3.47. The molecule has 6 heteroatoms. The topological polar surface area (TPSA) is 53.9 Å². The number of nitrogens with zero attached hydrogens (tertiary/aromatic N) is 3. The SMILES string of the molecule is CCCc1n[nH]c(=S)n1CC(=O)N(C)[C@H](C)CC(C)C. The van der Waals surface area contributed by atoms with Crippen molar-refractivity contribution in [2.75, 3.05) is 7.05 Å². The highest BCUT2D eigenvalue weighted by atomic mass is 32.1. The second-order valence-electron chi connectivity index (χ2n) is 5.76. The van der Waals surface area contributed by atoms with Crippen molar-refractivity contribution in [1.82, 2.24) is 19.7 Å². The Bertz CT molecular complexity index is 492. The predicted octanol–water partition coefficient (Wildman–Crippen LogP) is 2.79. The van der Waals surface area contributed by atoms with Crippen LogP contribution in [0.2, 0.25) is 0 Å². The fourth-order valence-corrected chi connectivity index (χ4v) is 2.48. The van der Waals surface area contributed by atoms with Crippen molar-refractivity contribution in [2.45, 2.75) is 59.5 Å². The predicted molar refractivity (Wildman–Crippen MR) is 83.1 cm³/mol. The van der Waals surface area contributed by atoms with E-state index in [4.69, 9.17) is 12.2 Å². The first-order valence-electron chi connectivity index (χ1n) is 7.26. The van der Waals surface area contributed by atoms with E-state index in [1.165, 1.54) is 0 Å². The summed E-state index contributed by atoms with van der Waals surface area (Å²) in [6.45, 7) is 8.77. The first-order valence-corrected chi connectivity index (χ1v) is 7.67. The van der Waals surface area contributed by atoms with Crippen LogP contribution >= 0.6 is 12.2 Å². The number of carbonyl (C=O) groups excluding carboxylic acids is 1. The number of H-pyrrole nitrogens is 1. The van der Waals surface area contributed by atoms with E-state index >= 15 is 0 Å².